The smallest absolute Gasteiger partial charge is 0.240 e. The second-order valence-electron chi connectivity index (χ2n) is 5.59. The Balaban J connectivity index is 2.08. The van der Waals surface area contributed by atoms with Crippen LogP contribution in [0.1, 0.15) is 30.9 Å². The van der Waals surface area contributed by atoms with Crippen LogP contribution in [0.25, 0.3) is 0 Å². The van der Waals surface area contributed by atoms with Crippen molar-refractivity contribution in [2.24, 2.45) is 11.7 Å². The first-order chi connectivity index (χ1) is 10.1. The van der Waals surface area contributed by atoms with E-state index in [0.717, 1.165) is 10.6 Å². The van der Waals surface area contributed by atoms with Gasteiger partial charge in [-0.2, -0.15) is 0 Å². The highest BCUT2D eigenvalue weighted by Crippen LogP contribution is 2.17. The normalized spacial score (nSPS) is 12.6. The summed E-state index contributed by atoms with van der Waals surface area (Å²) >= 11 is 1.64. The average Bonchev–Trinajstić information content (AvgIpc) is 3.09. The third-order valence-electron chi connectivity index (χ3n) is 3.21. The van der Waals surface area contributed by atoms with Crippen molar-refractivity contribution in [2.45, 2.75) is 39.4 Å². The minimum absolute atomic E-state index is 0.0199. The molecule has 2 heterocycles. The molecule has 2 aromatic heterocycles. The Morgan fingerprint density at radius 2 is 2.14 bits per heavy atom. The zero-order valence-corrected chi connectivity index (χ0v) is 13.3. The summed E-state index contributed by atoms with van der Waals surface area (Å²) in [5, 5.41) is 2.01. The summed E-state index contributed by atoms with van der Waals surface area (Å²) in [6.07, 6.45) is 2.31. The second-order valence-corrected chi connectivity index (χ2v) is 6.62. The Bertz CT molecular complexity index is 498. The molecule has 21 heavy (non-hydrogen) atoms. The van der Waals surface area contributed by atoms with E-state index in [2.05, 4.69) is 13.8 Å². The molecule has 0 unspecified atom stereocenters. The Morgan fingerprint density at radius 1 is 1.33 bits per heavy atom. The van der Waals surface area contributed by atoms with Crippen molar-refractivity contribution in [1.82, 2.24) is 4.90 Å². The van der Waals surface area contributed by atoms with Gasteiger partial charge in [0.2, 0.25) is 5.91 Å². The molecule has 0 saturated carbocycles. The Kier molecular flexibility index (Phi) is 5.59. The molecule has 2 aromatic rings. The third-order valence-corrected chi connectivity index (χ3v) is 4.07. The fourth-order valence-corrected chi connectivity index (χ4v) is 2.96. The van der Waals surface area contributed by atoms with Gasteiger partial charge < -0.3 is 15.1 Å². The van der Waals surface area contributed by atoms with Gasteiger partial charge in [-0.05, 0) is 35.9 Å². The number of hydrogen-bond acceptors (Lipinski definition) is 4. The predicted molar refractivity (Wildman–Crippen MR) is 84.7 cm³/mol. The van der Waals surface area contributed by atoms with Crippen molar-refractivity contribution in [3.63, 3.8) is 0 Å². The lowest BCUT2D eigenvalue weighted by atomic mass is 10.0. The Labute approximate surface area is 129 Å². The molecule has 2 rings (SSSR count). The summed E-state index contributed by atoms with van der Waals surface area (Å²) in [5.41, 5.74) is 6.06. The van der Waals surface area contributed by atoms with Crippen LogP contribution in [-0.4, -0.2) is 16.8 Å². The highest BCUT2D eigenvalue weighted by Gasteiger charge is 2.23. The molecule has 114 valence electrons. The van der Waals surface area contributed by atoms with Crippen molar-refractivity contribution >= 4 is 17.2 Å². The number of furan rings is 1. The summed E-state index contributed by atoms with van der Waals surface area (Å²) in [4.78, 5) is 15.5. The Morgan fingerprint density at radius 3 is 2.71 bits per heavy atom. The van der Waals surface area contributed by atoms with Crippen molar-refractivity contribution in [3.8, 4) is 0 Å². The van der Waals surface area contributed by atoms with Crippen LogP contribution in [0.15, 0.2) is 40.3 Å². The van der Waals surface area contributed by atoms with Gasteiger partial charge in [-0.15, -0.1) is 11.3 Å². The SMILES string of the molecule is CC(C)C[C@@H](N)C(=O)N(Cc1ccco1)Cc1cccs1. The van der Waals surface area contributed by atoms with Crippen LogP contribution in [0.4, 0.5) is 0 Å². The van der Waals surface area contributed by atoms with Gasteiger partial charge in [-0.1, -0.05) is 19.9 Å². The first kappa shape index (κ1) is 15.8. The Hall–Kier alpha value is -1.59. The summed E-state index contributed by atoms with van der Waals surface area (Å²) in [6, 6.07) is 7.27. The number of carbonyl (C=O) groups is 1. The highest BCUT2D eigenvalue weighted by atomic mass is 32.1. The molecule has 0 radical (unpaired) electrons. The number of nitrogens with two attached hydrogens (primary N) is 1. The van der Waals surface area contributed by atoms with Crippen LogP contribution in [0.5, 0.6) is 0 Å². The first-order valence-corrected chi connectivity index (χ1v) is 8.03. The van der Waals surface area contributed by atoms with Gasteiger partial charge in [0.05, 0.1) is 25.4 Å². The largest absolute Gasteiger partial charge is 0.467 e. The first-order valence-electron chi connectivity index (χ1n) is 7.15. The highest BCUT2D eigenvalue weighted by molar-refractivity contribution is 7.09. The lowest BCUT2D eigenvalue weighted by molar-refractivity contribution is -0.134. The van der Waals surface area contributed by atoms with Crippen LogP contribution in [0.3, 0.4) is 0 Å². The maximum Gasteiger partial charge on any atom is 0.240 e. The molecule has 0 saturated heterocycles. The topological polar surface area (TPSA) is 59.5 Å². The van der Waals surface area contributed by atoms with Crippen molar-refractivity contribution in [3.05, 3.63) is 46.5 Å². The molecular formula is C16H22N2O2S. The molecule has 0 aliphatic rings. The summed E-state index contributed by atoms with van der Waals surface area (Å²) in [5.74, 6) is 1.15. The third kappa shape index (κ3) is 4.72. The zero-order chi connectivity index (χ0) is 15.2. The monoisotopic (exact) mass is 306 g/mol. The molecule has 0 bridgehead atoms. The number of nitrogens with zero attached hydrogens (tertiary/aromatic N) is 1. The second kappa shape index (κ2) is 7.43. The van der Waals surface area contributed by atoms with Gasteiger partial charge in [0, 0.05) is 4.88 Å². The number of thiophene rings is 1. The number of amides is 1. The molecule has 0 aliphatic carbocycles. The van der Waals surface area contributed by atoms with Crippen LogP contribution < -0.4 is 5.73 Å². The minimum atomic E-state index is -0.458. The van der Waals surface area contributed by atoms with Crippen molar-refractivity contribution in [1.29, 1.82) is 0 Å². The van der Waals surface area contributed by atoms with E-state index < -0.39 is 6.04 Å². The van der Waals surface area contributed by atoms with Crippen LogP contribution >= 0.6 is 11.3 Å². The van der Waals surface area contributed by atoms with Crippen LogP contribution in [-0.2, 0) is 17.9 Å². The van der Waals surface area contributed by atoms with Crippen LogP contribution in [0.2, 0.25) is 0 Å². The molecule has 1 atom stereocenters. The van der Waals surface area contributed by atoms with E-state index in [1.54, 1.807) is 22.5 Å². The fraction of sp³-hybridized carbons (Fsp3) is 0.438. The van der Waals surface area contributed by atoms with Crippen molar-refractivity contribution in [2.75, 3.05) is 0 Å². The molecule has 0 aliphatic heterocycles. The van der Waals surface area contributed by atoms with E-state index in [9.17, 15) is 4.79 Å². The molecule has 0 spiro atoms. The average molecular weight is 306 g/mol. The maximum atomic E-state index is 12.6. The number of rotatable bonds is 7. The van der Waals surface area contributed by atoms with Gasteiger partial charge in [0.25, 0.3) is 0 Å². The summed E-state index contributed by atoms with van der Waals surface area (Å²) in [6.45, 7) is 5.17. The van der Waals surface area contributed by atoms with E-state index in [4.69, 9.17) is 10.2 Å². The number of carbonyl (C=O) groups excluding carboxylic acids is 1. The molecule has 1 amide bonds. The van der Waals surface area contributed by atoms with E-state index >= 15 is 0 Å². The zero-order valence-electron chi connectivity index (χ0n) is 12.5. The standard InChI is InChI=1S/C16H22N2O2S/c1-12(2)9-15(17)16(19)18(10-13-5-3-7-20-13)11-14-6-4-8-21-14/h3-8,12,15H,9-11,17H2,1-2H3/t15-/m1/s1. The van der Waals surface area contributed by atoms with E-state index in [1.165, 1.54) is 0 Å². The van der Waals surface area contributed by atoms with E-state index in [0.29, 0.717) is 25.4 Å². The van der Waals surface area contributed by atoms with E-state index in [1.807, 2.05) is 29.6 Å². The van der Waals surface area contributed by atoms with Gasteiger partial charge in [-0.25, -0.2) is 0 Å². The lowest BCUT2D eigenvalue weighted by Crippen LogP contribution is -2.43. The van der Waals surface area contributed by atoms with Gasteiger partial charge >= 0.3 is 0 Å². The number of hydrogen-bond donors (Lipinski definition) is 1. The predicted octanol–water partition coefficient (Wildman–Crippen LogP) is 3.24. The maximum absolute atomic E-state index is 12.6. The molecular weight excluding hydrogens is 284 g/mol. The lowest BCUT2D eigenvalue weighted by Gasteiger charge is -2.25. The molecule has 0 fully saturated rings. The quantitative estimate of drug-likeness (QED) is 0.854. The molecule has 4 nitrogen and oxygen atoms in total. The van der Waals surface area contributed by atoms with Gasteiger partial charge in [0.15, 0.2) is 0 Å². The van der Waals surface area contributed by atoms with Gasteiger partial charge in [-0.3, -0.25) is 4.79 Å². The fourth-order valence-electron chi connectivity index (χ4n) is 2.24. The minimum Gasteiger partial charge on any atom is -0.467 e. The van der Waals surface area contributed by atoms with Crippen LogP contribution in [0, 0.1) is 5.92 Å². The summed E-state index contributed by atoms with van der Waals surface area (Å²) < 4.78 is 5.36. The molecule has 0 aromatic carbocycles. The van der Waals surface area contributed by atoms with Gasteiger partial charge in [0.1, 0.15) is 5.76 Å². The van der Waals surface area contributed by atoms with E-state index in [-0.39, 0.29) is 5.91 Å². The summed E-state index contributed by atoms with van der Waals surface area (Å²) in [7, 11) is 0. The molecule has 2 N–H and O–H groups in total. The molecule has 5 heteroatoms. The van der Waals surface area contributed by atoms with Crippen molar-refractivity contribution < 1.29 is 9.21 Å².